The molecule has 2 rings (SSSR count). The van der Waals surface area contributed by atoms with Crippen LogP contribution in [0.3, 0.4) is 0 Å². The Balaban J connectivity index is 1.67. The summed E-state index contributed by atoms with van der Waals surface area (Å²) in [5.41, 5.74) is 3.56. The molecule has 0 aliphatic carbocycles. The molecule has 0 radical (unpaired) electrons. The summed E-state index contributed by atoms with van der Waals surface area (Å²) in [6, 6.07) is 10.5. The van der Waals surface area contributed by atoms with E-state index in [2.05, 4.69) is 39.5 Å². The van der Waals surface area contributed by atoms with Crippen LogP contribution in [-0.4, -0.2) is 55.0 Å². The number of amides is 1. The molecule has 1 aromatic rings. The molecule has 1 aromatic carbocycles. The number of hydrazine groups is 1. The lowest BCUT2D eigenvalue weighted by Gasteiger charge is -2.34. The average Bonchev–Trinajstić information content (AvgIpc) is 2.47. The molecule has 104 valence electrons. The standard InChI is InChI=1S/C14H22N4O/c15-16-14(19)12-18-10-8-17(9-11-18)7-6-13-4-2-1-3-5-13/h1-5H,6-12,15H2,(H,16,19). The van der Waals surface area contributed by atoms with Gasteiger partial charge in [-0.3, -0.25) is 15.1 Å². The molecule has 0 bridgehead atoms. The van der Waals surface area contributed by atoms with Gasteiger partial charge in [-0.05, 0) is 12.0 Å². The van der Waals surface area contributed by atoms with Crippen molar-refractivity contribution in [1.29, 1.82) is 0 Å². The Hall–Kier alpha value is -1.43. The van der Waals surface area contributed by atoms with Crippen molar-refractivity contribution in [1.82, 2.24) is 15.2 Å². The summed E-state index contributed by atoms with van der Waals surface area (Å²) in [5.74, 6) is 4.98. The van der Waals surface area contributed by atoms with Crippen molar-refractivity contribution in [2.75, 3.05) is 39.3 Å². The summed E-state index contributed by atoms with van der Waals surface area (Å²) in [4.78, 5) is 15.8. The monoisotopic (exact) mass is 262 g/mol. The van der Waals surface area contributed by atoms with Crippen molar-refractivity contribution in [2.24, 2.45) is 5.84 Å². The lowest BCUT2D eigenvalue weighted by atomic mass is 10.1. The molecule has 5 heteroatoms. The van der Waals surface area contributed by atoms with E-state index in [1.54, 1.807) is 0 Å². The minimum atomic E-state index is -0.113. The normalized spacial score (nSPS) is 17.3. The number of rotatable bonds is 5. The van der Waals surface area contributed by atoms with E-state index in [1.807, 2.05) is 6.07 Å². The zero-order valence-electron chi connectivity index (χ0n) is 11.2. The minimum Gasteiger partial charge on any atom is -0.300 e. The Labute approximate surface area is 114 Å². The number of benzene rings is 1. The molecule has 1 saturated heterocycles. The predicted octanol–water partition coefficient (Wildman–Crippen LogP) is -0.163. The Bertz CT molecular complexity index is 388. The van der Waals surface area contributed by atoms with Crippen molar-refractivity contribution in [3.05, 3.63) is 35.9 Å². The second kappa shape index (κ2) is 7.23. The van der Waals surface area contributed by atoms with E-state index in [0.29, 0.717) is 6.54 Å². The number of nitrogens with two attached hydrogens (primary N) is 1. The van der Waals surface area contributed by atoms with Gasteiger partial charge >= 0.3 is 0 Å². The molecule has 1 fully saturated rings. The van der Waals surface area contributed by atoms with Gasteiger partial charge in [0, 0.05) is 32.7 Å². The summed E-state index contributed by atoms with van der Waals surface area (Å²) in [6.07, 6.45) is 1.09. The third-order valence-electron chi connectivity index (χ3n) is 3.55. The third-order valence-corrected chi connectivity index (χ3v) is 3.55. The number of carbonyl (C=O) groups is 1. The van der Waals surface area contributed by atoms with Gasteiger partial charge in [0.25, 0.3) is 0 Å². The first-order chi connectivity index (χ1) is 9.28. The fraction of sp³-hybridized carbons (Fsp3) is 0.500. The zero-order chi connectivity index (χ0) is 13.5. The average molecular weight is 262 g/mol. The van der Waals surface area contributed by atoms with Crippen molar-refractivity contribution in [2.45, 2.75) is 6.42 Å². The van der Waals surface area contributed by atoms with Crippen LogP contribution in [0, 0.1) is 0 Å². The van der Waals surface area contributed by atoms with E-state index in [9.17, 15) is 4.79 Å². The molecule has 0 aromatic heterocycles. The van der Waals surface area contributed by atoms with Crippen LogP contribution in [0.15, 0.2) is 30.3 Å². The van der Waals surface area contributed by atoms with Gasteiger partial charge < -0.3 is 4.90 Å². The van der Waals surface area contributed by atoms with Crippen LogP contribution in [-0.2, 0) is 11.2 Å². The maximum atomic E-state index is 11.2. The van der Waals surface area contributed by atoms with Gasteiger partial charge in [0.05, 0.1) is 6.54 Å². The number of carbonyl (C=O) groups excluding carboxylic acids is 1. The molecule has 1 amide bonds. The van der Waals surface area contributed by atoms with E-state index in [1.165, 1.54) is 5.56 Å². The number of nitrogens with zero attached hydrogens (tertiary/aromatic N) is 2. The quantitative estimate of drug-likeness (QED) is 0.440. The summed E-state index contributed by atoms with van der Waals surface area (Å²) in [7, 11) is 0. The van der Waals surface area contributed by atoms with Gasteiger partial charge in [-0.15, -0.1) is 0 Å². The molecule has 0 unspecified atom stereocenters. The Kier molecular flexibility index (Phi) is 5.32. The Morgan fingerprint density at radius 3 is 2.37 bits per heavy atom. The number of hydrogen-bond donors (Lipinski definition) is 2. The summed E-state index contributed by atoms with van der Waals surface area (Å²) in [6.45, 7) is 5.39. The second-order valence-corrected chi connectivity index (χ2v) is 4.92. The third kappa shape index (κ3) is 4.63. The van der Waals surface area contributed by atoms with Crippen LogP contribution >= 0.6 is 0 Å². The molecule has 3 N–H and O–H groups in total. The summed E-state index contributed by atoms with van der Waals surface area (Å²) in [5, 5.41) is 0. The fourth-order valence-corrected chi connectivity index (χ4v) is 2.35. The van der Waals surface area contributed by atoms with E-state index in [-0.39, 0.29) is 5.91 Å². The molecule has 1 aliphatic rings. The largest absolute Gasteiger partial charge is 0.300 e. The van der Waals surface area contributed by atoms with Crippen LogP contribution < -0.4 is 11.3 Å². The highest BCUT2D eigenvalue weighted by Crippen LogP contribution is 2.05. The van der Waals surface area contributed by atoms with Crippen molar-refractivity contribution < 1.29 is 4.79 Å². The summed E-state index contributed by atoms with van der Waals surface area (Å²) < 4.78 is 0. The van der Waals surface area contributed by atoms with Crippen molar-refractivity contribution in [3.63, 3.8) is 0 Å². The molecule has 19 heavy (non-hydrogen) atoms. The van der Waals surface area contributed by atoms with Gasteiger partial charge in [0.15, 0.2) is 0 Å². The molecule has 5 nitrogen and oxygen atoms in total. The van der Waals surface area contributed by atoms with Crippen LogP contribution in [0.4, 0.5) is 0 Å². The Morgan fingerprint density at radius 1 is 1.11 bits per heavy atom. The van der Waals surface area contributed by atoms with E-state index in [0.717, 1.165) is 39.1 Å². The maximum absolute atomic E-state index is 11.2. The van der Waals surface area contributed by atoms with Gasteiger partial charge in [-0.25, -0.2) is 5.84 Å². The zero-order valence-corrected chi connectivity index (χ0v) is 11.2. The maximum Gasteiger partial charge on any atom is 0.248 e. The van der Waals surface area contributed by atoms with Gasteiger partial charge in [-0.2, -0.15) is 0 Å². The molecule has 0 atom stereocenters. The van der Waals surface area contributed by atoms with E-state index < -0.39 is 0 Å². The number of nitrogens with one attached hydrogen (secondary N) is 1. The van der Waals surface area contributed by atoms with Gasteiger partial charge in [-0.1, -0.05) is 30.3 Å². The smallest absolute Gasteiger partial charge is 0.248 e. The van der Waals surface area contributed by atoms with Crippen LogP contribution in [0.2, 0.25) is 0 Å². The van der Waals surface area contributed by atoms with Crippen LogP contribution in [0.5, 0.6) is 0 Å². The molecule has 1 aliphatic heterocycles. The Morgan fingerprint density at radius 2 is 1.74 bits per heavy atom. The second-order valence-electron chi connectivity index (χ2n) is 4.92. The molecular weight excluding hydrogens is 240 g/mol. The molecule has 0 saturated carbocycles. The molecular formula is C14H22N4O. The summed E-state index contributed by atoms with van der Waals surface area (Å²) >= 11 is 0. The highest BCUT2D eigenvalue weighted by atomic mass is 16.2. The number of hydrogen-bond acceptors (Lipinski definition) is 4. The highest BCUT2D eigenvalue weighted by Gasteiger charge is 2.18. The van der Waals surface area contributed by atoms with Crippen LogP contribution in [0.1, 0.15) is 5.56 Å². The molecule has 0 spiro atoms. The van der Waals surface area contributed by atoms with Crippen molar-refractivity contribution in [3.8, 4) is 0 Å². The van der Waals surface area contributed by atoms with Crippen LogP contribution in [0.25, 0.3) is 0 Å². The highest BCUT2D eigenvalue weighted by molar-refractivity contribution is 5.77. The first-order valence-corrected chi connectivity index (χ1v) is 6.76. The fourth-order valence-electron chi connectivity index (χ4n) is 2.35. The van der Waals surface area contributed by atoms with Gasteiger partial charge in [0.2, 0.25) is 5.91 Å². The van der Waals surface area contributed by atoms with E-state index >= 15 is 0 Å². The topological polar surface area (TPSA) is 61.6 Å². The lowest BCUT2D eigenvalue weighted by Crippen LogP contribution is -2.50. The minimum absolute atomic E-state index is 0.113. The number of piperazine rings is 1. The SMILES string of the molecule is NNC(=O)CN1CCN(CCc2ccccc2)CC1. The first-order valence-electron chi connectivity index (χ1n) is 6.76. The predicted molar refractivity (Wildman–Crippen MR) is 75.4 cm³/mol. The first kappa shape index (κ1) is 14.0. The van der Waals surface area contributed by atoms with Crippen molar-refractivity contribution >= 4 is 5.91 Å². The molecule has 1 heterocycles. The van der Waals surface area contributed by atoms with E-state index in [4.69, 9.17) is 5.84 Å². The van der Waals surface area contributed by atoms with Gasteiger partial charge in [0.1, 0.15) is 0 Å². The lowest BCUT2D eigenvalue weighted by molar-refractivity contribution is -0.122.